The Hall–Kier alpha value is -2.45. The number of hydrogen-bond donors (Lipinski definition) is 2. The van der Waals surface area contributed by atoms with Gasteiger partial charge in [0.25, 0.3) is 5.91 Å². The SMILES string of the molecule is CCn1ncc2c(NC3CCOCC3)c(C(=O)NC(C)c3ccc(Br)cc3)cnc21. The first-order valence-corrected chi connectivity index (χ1v) is 11.1. The number of benzene rings is 1. The van der Waals surface area contributed by atoms with Gasteiger partial charge in [0.2, 0.25) is 0 Å². The van der Waals surface area contributed by atoms with E-state index in [0.717, 1.165) is 59.4 Å². The number of pyridine rings is 1. The lowest BCUT2D eigenvalue weighted by atomic mass is 10.1. The molecule has 3 heterocycles. The first-order chi connectivity index (χ1) is 14.6. The third kappa shape index (κ3) is 4.34. The first kappa shape index (κ1) is 20.8. The zero-order valence-corrected chi connectivity index (χ0v) is 18.8. The van der Waals surface area contributed by atoms with Crippen LogP contribution in [-0.4, -0.2) is 39.9 Å². The number of anilines is 1. The lowest BCUT2D eigenvalue weighted by molar-refractivity contribution is 0.0903. The number of nitrogens with zero attached hydrogens (tertiary/aromatic N) is 3. The van der Waals surface area contributed by atoms with Crippen molar-refractivity contribution in [3.05, 3.63) is 52.3 Å². The Labute approximate surface area is 184 Å². The molecule has 1 saturated heterocycles. The van der Waals surface area contributed by atoms with E-state index in [1.807, 2.05) is 42.8 Å². The van der Waals surface area contributed by atoms with E-state index in [1.165, 1.54) is 0 Å². The number of ether oxygens (including phenoxy) is 1. The molecule has 4 rings (SSSR count). The number of carbonyl (C=O) groups is 1. The number of hydrogen-bond acceptors (Lipinski definition) is 5. The van der Waals surface area contributed by atoms with Crippen molar-refractivity contribution >= 4 is 38.6 Å². The highest BCUT2D eigenvalue weighted by atomic mass is 79.9. The molecule has 7 nitrogen and oxygen atoms in total. The summed E-state index contributed by atoms with van der Waals surface area (Å²) in [4.78, 5) is 17.8. The van der Waals surface area contributed by atoms with E-state index in [4.69, 9.17) is 4.74 Å². The summed E-state index contributed by atoms with van der Waals surface area (Å²) in [5.74, 6) is -0.154. The summed E-state index contributed by atoms with van der Waals surface area (Å²) >= 11 is 3.45. The van der Waals surface area contributed by atoms with Crippen molar-refractivity contribution < 1.29 is 9.53 Å². The van der Waals surface area contributed by atoms with Crippen LogP contribution in [0.5, 0.6) is 0 Å². The van der Waals surface area contributed by atoms with E-state index < -0.39 is 0 Å². The van der Waals surface area contributed by atoms with Crippen LogP contribution in [0.1, 0.15) is 48.7 Å². The molecular formula is C22H26BrN5O2. The first-order valence-electron chi connectivity index (χ1n) is 10.3. The molecule has 1 aliphatic heterocycles. The molecule has 1 unspecified atom stereocenters. The van der Waals surface area contributed by atoms with Gasteiger partial charge in [-0.15, -0.1) is 0 Å². The molecule has 1 amide bonds. The lowest BCUT2D eigenvalue weighted by Gasteiger charge is -2.26. The fraction of sp³-hybridized carbons (Fsp3) is 0.409. The molecule has 1 fully saturated rings. The second-order valence-corrected chi connectivity index (χ2v) is 8.44. The Balaban J connectivity index is 1.65. The van der Waals surface area contributed by atoms with Crippen molar-refractivity contribution in [3.63, 3.8) is 0 Å². The maximum atomic E-state index is 13.2. The van der Waals surface area contributed by atoms with Gasteiger partial charge in [-0.05, 0) is 44.4 Å². The fourth-order valence-electron chi connectivity index (χ4n) is 3.74. The number of amides is 1. The summed E-state index contributed by atoms with van der Waals surface area (Å²) in [5.41, 5.74) is 3.16. The zero-order valence-electron chi connectivity index (χ0n) is 17.2. The number of rotatable bonds is 6. The Kier molecular flexibility index (Phi) is 6.34. The Morgan fingerprint density at radius 3 is 2.70 bits per heavy atom. The Morgan fingerprint density at radius 2 is 2.00 bits per heavy atom. The number of aromatic nitrogens is 3. The third-order valence-electron chi connectivity index (χ3n) is 5.50. The second kappa shape index (κ2) is 9.14. The highest BCUT2D eigenvalue weighted by Crippen LogP contribution is 2.29. The van der Waals surface area contributed by atoms with Crippen LogP contribution in [0.25, 0.3) is 11.0 Å². The minimum Gasteiger partial charge on any atom is -0.381 e. The van der Waals surface area contributed by atoms with Gasteiger partial charge in [-0.2, -0.15) is 5.10 Å². The molecule has 0 radical (unpaired) electrons. The number of fused-ring (bicyclic) bond motifs is 1. The van der Waals surface area contributed by atoms with Gasteiger partial charge >= 0.3 is 0 Å². The van der Waals surface area contributed by atoms with E-state index >= 15 is 0 Å². The Morgan fingerprint density at radius 1 is 1.27 bits per heavy atom. The van der Waals surface area contributed by atoms with Crippen LogP contribution in [-0.2, 0) is 11.3 Å². The summed E-state index contributed by atoms with van der Waals surface area (Å²) in [6.07, 6.45) is 5.26. The van der Waals surface area contributed by atoms with Crippen LogP contribution in [0.2, 0.25) is 0 Å². The van der Waals surface area contributed by atoms with E-state index in [1.54, 1.807) is 12.4 Å². The molecule has 0 aliphatic carbocycles. The summed E-state index contributed by atoms with van der Waals surface area (Å²) < 4.78 is 8.34. The number of nitrogens with one attached hydrogen (secondary N) is 2. The van der Waals surface area contributed by atoms with Crippen LogP contribution in [0.4, 0.5) is 5.69 Å². The van der Waals surface area contributed by atoms with Crippen molar-refractivity contribution in [2.24, 2.45) is 0 Å². The molecule has 158 valence electrons. The molecule has 8 heteroatoms. The molecule has 0 saturated carbocycles. The molecule has 0 bridgehead atoms. The van der Waals surface area contributed by atoms with Gasteiger partial charge in [-0.3, -0.25) is 4.79 Å². The molecule has 1 atom stereocenters. The molecular weight excluding hydrogens is 446 g/mol. The second-order valence-electron chi connectivity index (χ2n) is 7.52. The topological polar surface area (TPSA) is 81.1 Å². The van der Waals surface area contributed by atoms with Crippen molar-refractivity contribution in [2.45, 2.75) is 45.3 Å². The van der Waals surface area contributed by atoms with Crippen LogP contribution in [0.3, 0.4) is 0 Å². The summed E-state index contributed by atoms with van der Waals surface area (Å²) in [7, 11) is 0. The van der Waals surface area contributed by atoms with Crippen molar-refractivity contribution in [1.82, 2.24) is 20.1 Å². The molecule has 30 heavy (non-hydrogen) atoms. The van der Waals surface area contributed by atoms with Crippen LogP contribution < -0.4 is 10.6 Å². The van der Waals surface area contributed by atoms with Gasteiger partial charge in [0.15, 0.2) is 5.65 Å². The highest BCUT2D eigenvalue weighted by molar-refractivity contribution is 9.10. The number of aryl methyl sites for hydroxylation is 1. The molecule has 0 spiro atoms. The van der Waals surface area contributed by atoms with Crippen LogP contribution in [0.15, 0.2) is 41.1 Å². The smallest absolute Gasteiger partial charge is 0.255 e. The predicted octanol–water partition coefficient (Wildman–Crippen LogP) is 4.30. The van der Waals surface area contributed by atoms with Crippen molar-refractivity contribution in [1.29, 1.82) is 0 Å². The maximum absolute atomic E-state index is 13.2. The average molecular weight is 472 g/mol. The van der Waals surface area contributed by atoms with Crippen LogP contribution in [0, 0.1) is 0 Å². The molecule has 1 aliphatic rings. The van der Waals surface area contributed by atoms with E-state index in [9.17, 15) is 4.79 Å². The van der Waals surface area contributed by atoms with E-state index in [2.05, 4.69) is 36.6 Å². The van der Waals surface area contributed by atoms with Gasteiger partial charge in [0.1, 0.15) is 0 Å². The minimum absolute atomic E-state index is 0.129. The molecule has 2 N–H and O–H groups in total. The predicted molar refractivity (Wildman–Crippen MR) is 121 cm³/mol. The van der Waals surface area contributed by atoms with Crippen LogP contribution >= 0.6 is 15.9 Å². The fourth-order valence-corrected chi connectivity index (χ4v) is 4.01. The maximum Gasteiger partial charge on any atom is 0.255 e. The number of carbonyl (C=O) groups excluding carboxylic acids is 1. The molecule has 1 aromatic carbocycles. The van der Waals surface area contributed by atoms with Gasteiger partial charge < -0.3 is 15.4 Å². The van der Waals surface area contributed by atoms with Gasteiger partial charge in [0, 0.05) is 36.5 Å². The van der Waals surface area contributed by atoms with Gasteiger partial charge in [-0.1, -0.05) is 28.1 Å². The highest BCUT2D eigenvalue weighted by Gasteiger charge is 2.23. The summed E-state index contributed by atoms with van der Waals surface area (Å²) in [6, 6.07) is 8.08. The van der Waals surface area contributed by atoms with Crippen molar-refractivity contribution in [3.8, 4) is 0 Å². The normalized spacial score (nSPS) is 15.8. The summed E-state index contributed by atoms with van der Waals surface area (Å²) in [5, 5.41) is 12.0. The van der Waals surface area contributed by atoms with Gasteiger partial charge in [0.05, 0.1) is 28.9 Å². The summed E-state index contributed by atoms with van der Waals surface area (Å²) in [6.45, 7) is 6.18. The van der Waals surface area contributed by atoms with Crippen molar-refractivity contribution in [2.75, 3.05) is 18.5 Å². The number of halogens is 1. The Bertz CT molecular complexity index is 1030. The monoisotopic (exact) mass is 471 g/mol. The average Bonchev–Trinajstić information content (AvgIpc) is 3.18. The standard InChI is InChI=1S/C22H26BrN5O2/c1-3-28-21-18(13-25-28)20(27-17-8-10-30-11-9-17)19(12-24-21)22(29)26-14(2)15-4-6-16(23)7-5-15/h4-7,12-14,17H,3,8-11H2,1-2H3,(H,24,27)(H,26,29). The molecule has 3 aromatic rings. The zero-order chi connectivity index (χ0) is 21.1. The van der Waals surface area contributed by atoms with Gasteiger partial charge in [-0.25, -0.2) is 9.67 Å². The largest absolute Gasteiger partial charge is 0.381 e. The van der Waals surface area contributed by atoms with E-state index in [0.29, 0.717) is 5.56 Å². The third-order valence-corrected chi connectivity index (χ3v) is 6.03. The lowest BCUT2D eigenvalue weighted by Crippen LogP contribution is -2.31. The van der Waals surface area contributed by atoms with E-state index in [-0.39, 0.29) is 18.0 Å². The quantitative estimate of drug-likeness (QED) is 0.560. The molecule has 2 aromatic heterocycles. The minimum atomic E-state index is -0.154.